The number of alkyl halides is 6. The molecule has 0 aliphatic heterocycles. The van der Waals surface area contributed by atoms with E-state index in [1.54, 1.807) is 0 Å². The quantitative estimate of drug-likeness (QED) is 0.622. The van der Waals surface area contributed by atoms with Crippen molar-refractivity contribution < 1.29 is 26.3 Å². The van der Waals surface area contributed by atoms with Crippen molar-refractivity contribution in [3.63, 3.8) is 0 Å². The van der Waals surface area contributed by atoms with Gasteiger partial charge in [-0.25, -0.2) is 0 Å². The molecule has 0 saturated heterocycles. The molecule has 0 nitrogen and oxygen atoms in total. The Bertz CT molecular complexity index is 219. The van der Waals surface area contributed by atoms with Crippen LogP contribution in [0.4, 0.5) is 26.3 Å². The van der Waals surface area contributed by atoms with Crippen LogP contribution in [0.2, 0.25) is 0 Å². The molecule has 0 aromatic carbocycles. The van der Waals surface area contributed by atoms with Crippen LogP contribution in [0.5, 0.6) is 0 Å². The molecule has 0 unspecified atom stereocenters. The molecule has 0 radical (unpaired) electrons. The van der Waals surface area contributed by atoms with E-state index in [4.69, 9.17) is 0 Å². The Labute approximate surface area is 91.0 Å². The van der Waals surface area contributed by atoms with Gasteiger partial charge in [-0.1, -0.05) is 20.8 Å². The highest BCUT2D eigenvalue weighted by atomic mass is 19.4. The zero-order valence-corrected chi connectivity index (χ0v) is 9.68. The molecular formula is C10H16F6. The number of rotatable bonds is 3. The topological polar surface area (TPSA) is 0 Å². The van der Waals surface area contributed by atoms with Gasteiger partial charge in [0.1, 0.15) is 0 Å². The largest absolute Gasteiger partial charge is 0.403 e. The van der Waals surface area contributed by atoms with Crippen LogP contribution in [0.15, 0.2) is 0 Å². The standard InChI is InChI=1S/C10H16F6/c1-5-7(3,6-2)8(4,9(11,12)13)10(14,15)16/h5-6H2,1-4H3. The minimum atomic E-state index is -5.30. The summed E-state index contributed by atoms with van der Waals surface area (Å²) in [6.45, 7) is 3.98. The van der Waals surface area contributed by atoms with Crippen molar-refractivity contribution in [2.45, 2.75) is 52.9 Å². The summed E-state index contributed by atoms with van der Waals surface area (Å²) in [5.74, 6) is 0. The molecule has 0 aromatic heterocycles. The third-order valence-corrected chi connectivity index (χ3v) is 3.90. The van der Waals surface area contributed by atoms with E-state index in [9.17, 15) is 26.3 Å². The van der Waals surface area contributed by atoms with E-state index in [0.29, 0.717) is 0 Å². The van der Waals surface area contributed by atoms with Crippen molar-refractivity contribution >= 4 is 0 Å². The second kappa shape index (κ2) is 4.11. The minimum Gasteiger partial charge on any atom is -0.170 e. The van der Waals surface area contributed by atoms with Gasteiger partial charge in [-0.2, -0.15) is 26.3 Å². The van der Waals surface area contributed by atoms with Crippen LogP contribution in [0, 0.1) is 10.8 Å². The Morgan fingerprint density at radius 3 is 1.00 bits per heavy atom. The molecule has 6 heteroatoms. The lowest BCUT2D eigenvalue weighted by Gasteiger charge is -2.47. The maximum absolute atomic E-state index is 12.7. The van der Waals surface area contributed by atoms with Gasteiger partial charge in [-0.05, 0) is 25.2 Å². The van der Waals surface area contributed by atoms with Crippen molar-refractivity contribution in [2.24, 2.45) is 10.8 Å². The maximum Gasteiger partial charge on any atom is 0.403 e. The molecule has 0 aliphatic carbocycles. The second-order valence-corrected chi connectivity index (χ2v) is 4.39. The van der Waals surface area contributed by atoms with Crippen LogP contribution in [0.1, 0.15) is 40.5 Å². The molecule has 0 N–H and O–H groups in total. The van der Waals surface area contributed by atoms with Gasteiger partial charge >= 0.3 is 12.4 Å². The van der Waals surface area contributed by atoms with Crippen LogP contribution in [0.3, 0.4) is 0 Å². The fourth-order valence-electron chi connectivity index (χ4n) is 1.80. The Morgan fingerprint density at radius 2 is 0.938 bits per heavy atom. The van der Waals surface area contributed by atoms with Gasteiger partial charge in [-0.15, -0.1) is 0 Å². The monoisotopic (exact) mass is 250 g/mol. The summed E-state index contributed by atoms with van der Waals surface area (Å²) in [6.07, 6.45) is -11.0. The molecule has 0 fully saturated rings. The van der Waals surface area contributed by atoms with Crippen LogP contribution in [0.25, 0.3) is 0 Å². The van der Waals surface area contributed by atoms with Crippen molar-refractivity contribution in [3.8, 4) is 0 Å². The average Bonchev–Trinajstić information content (AvgIpc) is 2.11. The molecule has 0 rings (SSSR count). The zero-order valence-electron chi connectivity index (χ0n) is 9.68. The molecule has 0 atom stereocenters. The molecule has 0 bridgehead atoms. The van der Waals surface area contributed by atoms with Gasteiger partial charge in [0.2, 0.25) is 0 Å². The molecule has 0 amide bonds. The Kier molecular flexibility index (Phi) is 4.00. The van der Waals surface area contributed by atoms with Gasteiger partial charge in [0.15, 0.2) is 5.41 Å². The molecular weight excluding hydrogens is 234 g/mol. The van der Waals surface area contributed by atoms with Crippen molar-refractivity contribution in [2.75, 3.05) is 0 Å². The smallest absolute Gasteiger partial charge is 0.170 e. The molecule has 0 aliphatic rings. The summed E-state index contributed by atoms with van der Waals surface area (Å²) >= 11 is 0. The highest BCUT2D eigenvalue weighted by Gasteiger charge is 2.73. The maximum atomic E-state index is 12.7. The first kappa shape index (κ1) is 15.6. The highest BCUT2D eigenvalue weighted by molar-refractivity contribution is 5.01. The van der Waals surface area contributed by atoms with E-state index < -0.39 is 23.2 Å². The highest BCUT2D eigenvalue weighted by Crippen LogP contribution is 2.62. The number of hydrogen-bond acceptors (Lipinski definition) is 0. The summed E-state index contributed by atoms with van der Waals surface area (Å²) in [7, 11) is 0. The van der Waals surface area contributed by atoms with Crippen LogP contribution in [-0.2, 0) is 0 Å². The summed E-state index contributed by atoms with van der Waals surface area (Å²) < 4.78 is 76.5. The third kappa shape index (κ3) is 2.02. The Morgan fingerprint density at radius 1 is 0.688 bits per heavy atom. The van der Waals surface area contributed by atoms with Crippen LogP contribution < -0.4 is 0 Å². The van der Waals surface area contributed by atoms with Crippen molar-refractivity contribution in [3.05, 3.63) is 0 Å². The van der Waals surface area contributed by atoms with Gasteiger partial charge in [-0.3, -0.25) is 0 Å². The van der Waals surface area contributed by atoms with Crippen LogP contribution in [-0.4, -0.2) is 12.4 Å². The normalized spacial score (nSPS) is 15.4. The molecule has 98 valence electrons. The van der Waals surface area contributed by atoms with Gasteiger partial charge < -0.3 is 0 Å². The van der Waals surface area contributed by atoms with Gasteiger partial charge in [0.25, 0.3) is 0 Å². The first-order chi connectivity index (χ1) is 6.87. The lowest BCUT2D eigenvalue weighted by Crippen LogP contribution is -2.57. The first-order valence-electron chi connectivity index (χ1n) is 5.01. The predicted molar refractivity (Wildman–Crippen MR) is 48.9 cm³/mol. The van der Waals surface area contributed by atoms with E-state index in [0.717, 1.165) is 6.92 Å². The van der Waals surface area contributed by atoms with E-state index >= 15 is 0 Å². The number of halogens is 6. The molecule has 0 spiro atoms. The molecule has 0 aromatic rings. The summed E-state index contributed by atoms with van der Waals surface area (Å²) in [6, 6.07) is 0. The molecule has 0 saturated carbocycles. The average molecular weight is 250 g/mol. The lowest BCUT2D eigenvalue weighted by atomic mass is 9.61. The Balaban J connectivity index is 5.79. The summed E-state index contributed by atoms with van der Waals surface area (Å²) in [5.41, 5.74) is -5.51. The van der Waals surface area contributed by atoms with Gasteiger partial charge in [0.05, 0.1) is 0 Å². The van der Waals surface area contributed by atoms with E-state index in [2.05, 4.69) is 0 Å². The fourth-order valence-corrected chi connectivity index (χ4v) is 1.80. The third-order valence-electron chi connectivity index (χ3n) is 3.90. The number of hydrogen-bond donors (Lipinski definition) is 0. The van der Waals surface area contributed by atoms with Crippen LogP contribution >= 0.6 is 0 Å². The van der Waals surface area contributed by atoms with Crippen molar-refractivity contribution in [1.82, 2.24) is 0 Å². The molecule has 0 heterocycles. The zero-order chi connectivity index (χ0) is 13.4. The second-order valence-electron chi connectivity index (χ2n) is 4.39. The lowest BCUT2D eigenvalue weighted by molar-refractivity contribution is -0.370. The summed E-state index contributed by atoms with van der Waals surface area (Å²) in [5, 5.41) is 0. The fraction of sp³-hybridized carbons (Fsp3) is 1.00. The first-order valence-corrected chi connectivity index (χ1v) is 5.01. The van der Waals surface area contributed by atoms with Crippen molar-refractivity contribution in [1.29, 1.82) is 0 Å². The SMILES string of the molecule is CCC(C)(CC)C(C)(C(F)(F)F)C(F)(F)F. The predicted octanol–water partition coefficient (Wildman–Crippen LogP) is 4.94. The van der Waals surface area contributed by atoms with Gasteiger partial charge in [0, 0.05) is 0 Å². The summed E-state index contributed by atoms with van der Waals surface area (Å²) in [4.78, 5) is 0. The Hall–Kier alpha value is -0.420. The van der Waals surface area contributed by atoms with E-state index in [1.165, 1.54) is 13.8 Å². The van der Waals surface area contributed by atoms with E-state index in [1.807, 2.05) is 0 Å². The van der Waals surface area contributed by atoms with E-state index in [-0.39, 0.29) is 19.8 Å². The minimum absolute atomic E-state index is 0.182. The molecule has 16 heavy (non-hydrogen) atoms.